The van der Waals surface area contributed by atoms with Crippen molar-refractivity contribution in [2.45, 2.75) is 26.8 Å². The molecule has 0 saturated carbocycles. The van der Waals surface area contributed by atoms with Gasteiger partial charge < -0.3 is 9.67 Å². The van der Waals surface area contributed by atoms with E-state index in [0.29, 0.717) is 28.6 Å². The average molecular weight is 245 g/mol. The van der Waals surface area contributed by atoms with Crippen LogP contribution in [0.2, 0.25) is 0 Å². The van der Waals surface area contributed by atoms with Crippen LogP contribution in [0.25, 0.3) is 10.9 Å². The molecule has 0 aliphatic carbocycles. The summed E-state index contributed by atoms with van der Waals surface area (Å²) < 4.78 is 1.86. The van der Waals surface area contributed by atoms with Crippen LogP contribution in [0.5, 0.6) is 0 Å². The first-order valence-corrected chi connectivity index (χ1v) is 5.91. The molecule has 1 aromatic heterocycles. The Morgan fingerprint density at radius 3 is 2.72 bits per heavy atom. The van der Waals surface area contributed by atoms with E-state index in [0.717, 1.165) is 12.7 Å². The Morgan fingerprint density at radius 2 is 2.17 bits per heavy atom. The predicted octanol–water partition coefficient (Wildman–Crippen LogP) is 2.87. The first-order chi connectivity index (χ1) is 8.60. The molecule has 2 rings (SSSR count). The van der Waals surface area contributed by atoms with Crippen molar-refractivity contribution in [1.82, 2.24) is 4.57 Å². The molecule has 0 atom stereocenters. The van der Waals surface area contributed by atoms with E-state index in [9.17, 15) is 14.7 Å². The lowest BCUT2D eigenvalue weighted by molar-refractivity contribution is 0.0697. The molecule has 0 saturated heterocycles. The van der Waals surface area contributed by atoms with Gasteiger partial charge in [0.25, 0.3) is 0 Å². The smallest absolute Gasteiger partial charge is 0.338 e. The number of carboxylic acids is 1. The molecule has 4 nitrogen and oxygen atoms in total. The molecule has 4 heteroatoms. The number of benzene rings is 1. The summed E-state index contributed by atoms with van der Waals surface area (Å²) in [4.78, 5) is 22.4. The number of carbonyl (C=O) groups excluding carboxylic acids is 1. The van der Waals surface area contributed by atoms with Crippen LogP contribution in [-0.4, -0.2) is 21.9 Å². The molecule has 1 aromatic carbocycles. The SMILES string of the molecule is CCCn1cc(C=O)c2ccc(C)c(C(=O)O)c21. The van der Waals surface area contributed by atoms with Gasteiger partial charge in [0.05, 0.1) is 11.1 Å². The quantitative estimate of drug-likeness (QED) is 0.842. The van der Waals surface area contributed by atoms with Gasteiger partial charge in [0.15, 0.2) is 6.29 Å². The van der Waals surface area contributed by atoms with Crippen LogP contribution in [0.1, 0.15) is 39.6 Å². The van der Waals surface area contributed by atoms with Crippen molar-refractivity contribution in [3.8, 4) is 0 Å². The number of fused-ring (bicyclic) bond motifs is 1. The van der Waals surface area contributed by atoms with E-state index in [4.69, 9.17) is 0 Å². The van der Waals surface area contributed by atoms with Crippen LogP contribution >= 0.6 is 0 Å². The van der Waals surface area contributed by atoms with E-state index >= 15 is 0 Å². The molecule has 2 aromatic rings. The zero-order valence-corrected chi connectivity index (χ0v) is 10.4. The maximum absolute atomic E-state index is 11.4. The third kappa shape index (κ3) is 1.79. The number of aryl methyl sites for hydroxylation is 2. The number of hydrogen-bond acceptors (Lipinski definition) is 2. The largest absolute Gasteiger partial charge is 0.478 e. The molecule has 0 fully saturated rings. The van der Waals surface area contributed by atoms with Gasteiger partial charge in [0.1, 0.15) is 0 Å². The van der Waals surface area contributed by atoms with Crippen molar-refractivity contribution in [3.63, 3.8) is 0 Å². The lowest BCUT2D eigenvalue weighted by atomic mass is 10.0. The fourth-order valence-electron chi connectivity index (χ4n) is 2.31. The normalized spacial score (nSPS) is 10.8. The van der Waals surface area contributed by atoms with Gasteiger partial charge in [-0.1, -0.05) is 19.1 Å². The Kier molecular flexibility index (Phi) is 3.19. The highest BCUT2D eigenvalue weighted by molar-refractivity contribution is 6.08. The van der Waals surface area contributed by atoms with Gasteiger partial charge in [-0.15, -0.1) is 0 Å². The van der Waals surface area contributed by atoms with Gasteiger partial charge in [-0.25, -0.2) is 4.79 Å². The highest BCUT2D eigenvalue weighted by Gasteiger charge is 2.18. The second-order valence-corrected chi connectivity index (χ2v) is 4.35. The van der Waals surface area contributed by atoms with Crippen LogP contribution in [0.15, 0.2) is 18.3 Å². The number of aldehydes is 1. The topological polar surface area (TPSA) is 59.3 Å². The zero-order chi connectivity index (χ0) is 13.3. The van der Waals surface area contributed by atoms with Crippen LogP contribution in [0.4, 0.5) is 0 Å². The minimum absolute atomic E-state index is 0.286. The molecule has 1 N–H and O–H groups in total. The highest BCUT2D eigenvalue weighted by atomic mass is 16.4. The maximum atomic E-state index is 11.4. The average Bonchev–Trinajstić information content (AvgIpc) is 2.67. The molecule has 0 bridgehead atoms. The lowest BCUT2D eigenvalue weighted by Crippen LogP contribution is -2.05. The number of hydrogen-bond donors (Lipinski definition) is 1. The summed E-state index contributed by atoms with van der Waals surface area (Å²) in [5.41, 5.74) is 2.18. The van der Waals surface area contributed by atoms with E-state index < -0.39 is 5.97 Å². The third-order valence-electron chi connectivity index (χ3n) is 3.08. The number of aromatic carboxylic acids is 1. The first kappa shape index (κ1) is 12.4. The lowest BCUT2D eigenvalue weighted by Gasteiger charge is -2.08. The van der Waals surface area contributed by atoms with Crippen molar-refractivity contribution < 1.29 is 14.7 Å². The molecular weight excluding hydrogens is 230 g/mol. The Hall–Kier alpha value is -2.10. The molecular formula is C14H15NO3. The number of rotatable bonds is 4. The molecule has 0 aliphatic heterocycles. The Labute approximate surface area is 105 Å². The van der Waals surface area contributed by atoms with Gasteiger partial charge >= 0.3 is 5.97 Å². The second-order valence-electron chi connectivity index (χ2n) is 4.35. The molecule has 0 radical (unpaired) electrons. The van der Waals surface area contributed by atoms with Gasteiger partial charge in [0, 0.05) is 23.7 Å². The third-order valence-corrected chi connectivity index (χ3v) is 3.08. The Morgan fingerprint density at radius 1 is 1.44 bits per heavy atom. The summed E-state index contributed by atoms with van der Waals surface area (Å²) in [7, 11) is 0. The van der Waals surface area contributed by atoms with Crippen molar-refractivity contribution in [3.05, 3.63) is 35.0 Å². The predicted molar refractivity (Wildman–Crippen MR) is 69.3 cm³/mol. The van der Waals surface area contributed by atoms with Gasteiger partial charge in [-0.3, -0.25) is 4.79 Å². The second kappa shape index (κ2) is 4.64. The fraction of sp³-hybridized carbons (Fsp3) is 0.286. The fourth-order valence-corrected chi connectivity index (χ4v) is 2.31. The molecule has 18 heavy (non-hydrogen) atoms. The number of carboxylic acid groups (broad SMARTS) is 1. The molecule has 0 aliphatic rings. The maximum Gasteiger partial charge on any atom is 0.338 e. The monoisotopic (exact) mass is 245 g/mol. The Balaban J connectivity index is 2.88. The van der Waals surface area contributed by atoms with E-state index in [1.807, 2.05) is 17.6 Å². The standard InChI is InChI=1S/C14H15NO3/c1-3-6-15-7-10(8-16)11-5-4-9(2)12(13(11)15)14(17)18/h4-5,7-8H,3,6H2,1-2H3,(H,17,18). The molecule has 94 valence electrons. The summed E-state index contributed by atoms with van der Waals surface area (Å²) in [6.07, 6.45) is 3.39. The van der Waals surface area contributed by atoms with Crippen LogP contribution < -0.4 is 0 Å². The van der Waals surface area contributed by atoms with E-state index in [1.165, 1.54) is 0 Å². The Bertz CT molecular complexity index is 625. The van der Waals surface area contributed by atoms with E-state index in [1.54, 1.807) is 19.2 Å². The van der Waals surface area contributed by atoms with Crippen LogP contribution in [-0.2, 0) is 6.54 Å². The van der Waals surface area contributed by atoms with Crippen molar-refractivity contribution >= 4 is 23.2 Å². The summed E-state index contributed by atoms with van der Waals surface area (Å²) >= 11 is 0. The van der Waals surface area contributed by atoms with Crippen molar-refractivity contribution in [2.24, 2.45) is 0 Å². The van der Waals surface area contributed by atoms with Gasteiger partial charge in [-0.05, 0) is 18.9 Å². The summed E-state index contributed by atoms with van der Waals surface area (Å²) in [6, 6.07) is 3.56. The van der Waals surface area contributed by atoms with Crippen LogP contribution in [0.3, 0.4) is 0 Å². The van der Waals surface area contributed by atoms with Crippen molar-refractivity contribution in [2.75, 3.05) is 0 Å². The minimum atomic E-state index is -0.953. The number of carbonyl (C=O) groups is 2. The van der Waals surface area contributed by atoms with E-state index in [-0.39, 0.29) is 5.56 Å². The van der Waals surface area contributed by atoms with Gasteiger partial charge in [-0.2, -0.15) is 0 Å². The molecule has 0 amide bonds. The molecule has 1 heterocycles. The van der Waals surface area contributed by atoms with Crippen LogP contribution in [0, 0.1) is 6.92 Å². The molecule has 0 unspecified atom stereocenters. The van der Waals surface area contributed by atoms with E-state index in [2.05, 4.69) is 0 Å². The number of aromatic nitrogens is 1. The first-order valence-electron chi connectivity index (χ1n) is 5.91. The van der Waals surface area contributed by atoms with Gasteiger partial charge in [0.2, 0.25) is 0 Å². The summed E-state index contributed by atoms with van der Waals surface area (Å²) in [5.74, 6) is -0.953. The summed E-state index contributed by atoms with van der Waals surface area (Å²) in [6.45, 7) is 4.49. The minimum Gasteiger partial charge on any atom is -0.478 e. The zero-order valence-electron chi connectivity index (χ0n) is 10.4. The highest BCUT2D eigenvalue weighted by Crippen LogP contribution is 2.27. The molecule has 0 spiro atoms. The number of nitrogens with zero attached hydrogens (tertiary/aromatic N) is 1. The van der Waals surface area contributed by atoms with Crippen molar-refractivity contribution in [1.29, 1.82) is 0 Å². The summed E-state index contributed by atoms with van der Waals surface area (Å²) in [5, 5.41) is 10.0.